The van der Waals surface area contributed by atoms with Gasteiger partial charge in [0.25, 0.3) is 0 Å². The van der Waals surface area contributed by atoms with E-state index in [0.717, 1.165) is 18.4 Å². The molecule has 2 aromatic rings. The highest BCUT2D eigenvalue weighted by molar-refractivity contribution is 5.92. The van der Waals surface area contributed by atoms with E-state index in [1.54, 1.807) is 6.07 Å². The first kappa shape index (κ1) is 17.5. The third-order valence-corrected chi connectivity index (χ3v) is 4.36. The second kappa shape index (κ2) is 7.16. The molecule has 1 aliphatic carbocycles. The number of halogens is 1. The third-order valence-electron chi connectivity index (χ3n) is 4.36. The highest BCUT2D eigenvalue weighted by Crippen LogP contribution is 2.36. The molecule has 0 aliphatic heterocycles. The van der Waals surface area contributed by atoms with Crippen LogP contribution in [0.1, 0.15) is 39.5 Å². The Labute approximate surface area is 143 Å². The SMILES string of the molecule is Cc1ccccc1C(=O)Oc1ccc2c(c1)[C@H](N(C)C)CC2.Cl. The number of ether oxygens (including phenoxy) is 1. The summed E-state index contributed by atoms with van der Waals surface area (Å²) in [5.74, 6) is 0.332. The van der Waals surface area contributed by atoms with Gasteiger partial charge in [-0.1, -0.05) is 24.3 Å². The first-order valence-corrected chi connectivity index (χ1v) is 7.63. The zero-order chi connectivity index (χ0) is 15.7. The van der Waals surface area contributed by atoms with Crippen molar-refractivity contribution in [3.8, 4) is 5.75 Å². The van der Waals surface area contributed by atoms with Crippen LogP contribution in [0.2, 0.25) is 0 Å². The molecule has 2 aromatic carbocycles. The van der Waals surface area contributed by atoms with E-state index in [2.05, 4.69) is 25.1 Å². The normalized spacial score (nSPS) is 15.9. The standard InChI is InChI=1S/C19H21NO2.ClH/c1-13-6-4-5-7-16(13)19(21)22-15-10-8-14-9-11-18(20(2)3)17(14)12-15;/h4-8,10,12,18H,9,11H2,1-3H3;1H/t18-;/m1./s1. The van der Waals surface area contributed by atoms with E-state index in [0.29, 0.717) is 17.4 Å². The fraction of sp³-hybridized carbons (Fsp3) is 0.316. The second-order valence-electron chi connectivity index (χ2n) is 6.08. The summed E-state index contributed by atoms with van der Waals surface area (Å²) in [6, 6.07) is 13.9. The van der Waals surface area contributed by atoms with Crippen LogP contribution in [-0.4, -0.2) is 25.0 Å². The number of benzene rings is 2. The number of carbonyl (C=O) groups excluding carboxylic acids is 1. The monoisotopic (exact) mass is 331 g/mol. The zero-order valence-corrected chi connectivity index (χ0v) is 14.5. The molecule has 4 heteroatoms. The molecule has 0 spiro atoms. The Morgan fingerprint density at radius 1 is 1.17 bits per heavy atom. The molecule has 0 fully saturated rings. The Kier molecular flexibility index (Phi) is 5.45. The predicted molar refractivity (Wildman–Crippen MR) is 94.6 cm³/mol. The Morgan fingerprint density at radius 2 is 1.91 bits per heavy atom. The lowest BCUT2D eigenvalue weighted by Crippen LogP contribution is -2.17. The molecule has 0 amide bonds. The fourth-order valence-electron chi connectivity index (χ4n) is 3.12. The van der Waals surface area contributed by atoms with Gasteiger partial charge in [-0.25, -0.2) is 4.79 Å². The van der Waals surface area contributed by atoms with Crippen LogP contribution in [-0.2, 0) is 6.42 Å². The lowest BCUT2D eigenvalue weighted by Gasteiger charge is -2.20. The molecule has 0 unspecified atom stereocenters. The Bertz CT molecular complexity index is 712. The number of fused-ring (bicyclic) bond motifs is 1. The van der Waals surface area contributed by atoms with Crippen molar-refractivity contribution in [3.05, 3.63) is 64.7 Å². The minimum absolute atomic E-state index is 0. The molecule has 3 rings (SSSR count). The first-order chi connectivity index (χ1) is 10.6. The molecule has 0 heterocycles. The molecule has 23 heavy (non-hydrogen) atoms. The average molecular weight is 332 g/mol. The Hall–Kier alpha value is -1.84. The van der Waals surface area contributed by atoms with Gasteiger partial charge in [0.05, 0.1) is 5.56 Å². The molecule has 1 atom stereocenters. The van der Waals surface area contributed by atoms with Crippen LogP contribution >= 0.6 is 12.4 Å². The average Bonchev–Trinajstić information content (AvgIpc) is 2.91. The van der Waals surface area contributed by atoms with Gasteiger partial charge in [0.15, 0.2) is 0 Å². The number of carbonyl (C=O) groups is 1. The molecule has 0 bridgehead atoms. The minimum atomic E-state index is -0.294. The molecule has 0 saturated heterocycles. The van der Waals surface area contributed by atoms with E-state index in [-0.39, 0.29) is 18.4 Å². The predicted octanol–water partition coefficient (Wildman–Crippen LogP) is 4.18. The van der Waals surface area contributed by atoms with Crippen molar-refractivity contribution in [2.24, 2.45) is 0 Å². The van der Waals surface area contributed by atoms with Crippen LogP contribution in [0.15, 0.2) is 42.5 Å². The van der Waals surface area contributed by atoms with Crippen molar-refractivity contribution < 1.29 is 9.53 Å². The lowest BCUT2D eigenvalue weighted by atomic mass is 10.1. The van der Waals surface area contributed by atoms with Crippen molar-refractivity contribution in [1.29, 1.82) is 0 Å². The highest BCUT2D eigenvalue weighted by Gasteiger charge is 2.25. The maximum atomic E-state index is 12.3. The summed E-state index contributed by atoms with van der Waals surface area (Å²) in [7, 11) is 4.18. The first-order valence-electron chi connectivity index (χ1n) is 7.63. The number of hydrogen-bond acceptors (Lipinski definition) is 3. The summed E-state index contributed by atoms with van der Waals surface area (Å²) in [6.45, 7) is 1.92. The summed E-state index contributed by atoms with van der Waals surface area (Å²) in [6.07, 6.45) is 2.21. The van der Waals surface area contributed by atoms with Crippen molar-refractivity contribution in [2.75, 3.05) is 14.1 Å². The van der Waals surface area contributed by atoms with Crippen molar-refractivity contribution in [3.63, 3.8) is 0 Å². The van der Waals surface area contributed by atoms with Crippen molar-refractivity contribution in [2.45, 2.75) is 25.8 Å². The van der Waals surface area contributed by atoms with Gasteiger partial charge < -0.3 is 9.64 Å². The molecular formula is C19H22ClNO2. The van der Waals surface area contributed by atoms with Crippen LogP contribution in [0.4, 0.5) is 0 Å². The number of esters is 1. The van der Waals surface area contributed by atoms with E-state index >= 15 is 0 Å². The van der Waals surface area contributed by atoms with Gasteiger partial charge in [-0.15, -0.1) is 12.4 Å². The molecular weight excluding hydrogens is 310 g/mol. The summed E-state index contributed by atoms with van der Waals surface area (Å²) < 4.78 is 5.58. The zero-order valence-electron chi connectivity index (χ0n) is 13.7. The Morgan fingerprint density at radius 3 is 2.61 bits per heavy atom. The van der Waals surface area contributed by atoms with Gasteiger partial charge in [-0.3, -0.25) is 0 Å². The van der Waals surface area contributed by atoms with Crippen LogP contribution in [0.3, 0.4) is 0 Å². The summed E-state index contributed by atoms with van der Waals surface area (Å²) in [4.78, 5) is 14.5. The van der Waals surface area contributed by atoms with Gasteiger partial charge in [0, 0.05) is 6.04 Å². The maximum absolute atomic E-state index is 12.3. The molecule has 0 saturated carbocycles. The van der Waals surface area contributed by atoms with Gasteiger partial charge in [-0.05, 0) is 68.8 Å². The Balaban J connectivity index is 0.00000192. The van der Waals surface area contributed by atoms with Crippen molar-refractivity contribution >= 4 is 18.4 Å². The van der Waals surface area contributed by atoms with Crippen LogP contribution in [0.25, 0.3) is 0 Å². The number of rotatable bonds is 3. The molecule has 1 aliphatic rings. The molecule has 0 aromatic heterocycles. The van der Waals surface area contributed by atoms with Gasteiger partial charge in [0.1, 0.15) is 5.75 Å². The van der Waals surface area contributed by atoms with Crippen LogP contribution in [0.5, 0.6) is 5.75 Å². The van der Waals surface area contributed by atoms with Crippen LogP contribution in [0, 0.1) is 6.92 Å². The smallest absolute Gasteiger partial charge is 0.343 e. The lowest BCUT2D eigenvalue weighted by molar-refractivity contribution is 0.0734. The van der Waals surface area contributed by atoms with Gasteiger partial charge >= 0.3 is 5.97 Å². The van der Waals surface area contributed by atoms with E-state index in [4.69, 9.17) is 4.74 Å². The quantitative estimate of drug-likeness (QED) is 0.624. The topological polar surface area (TPSA) is 29.5 Å². The minimum Gasteiger partial charge on any atom is -0.423 e. The van der Waals surface area contributed by atoms with Crippen LogP contribution < -0.4 is 4.74 Å². The molecule has 0 radical (unpaired) electrons. The van der Waals surface area contributed by atoms with E-state index < -0.39 is 0 Å². The molecule has 3 nitrogen and oxygen atoms in total. The largest absolute Gasteiger partial charge is 0.423 e. The third kappa shape index (κ3) is 3.57. The second-order valence-corrected chi connectivity index (χ2v) is 6.08. The number of hydrogen-bond donors (Lipinski definition) is 0. The molecule has 0 N–H and O–H groups in total. The summed E-state index contributed by atoms with van der Waals surface area (Å²) >= 11 is 0. The van der Waals surface area contributed by atoms with Gasteiger partial charge in [0.2, 0.25) is 0 Å². The van der Waals surface area contributed by atoms with Gasteiger partial charge in [-0.2, -0.15) is 0 Å². The van der Waals surface area contributed by atoms with E-state index in [9.17, 15) is 4.79 Å². The highest BCUT2D eigenvalue weighted by atomic mass is 35.5. The molecule has 122 valence electrons. The summed E-state index contributed by atoms with van der Waals surface area (Å²) in [5, 5.41) is 0. The number of aryl methyl sites for hydroxylation is 2. The van der Waals surface area contributed by atoms with E-state index in [1.165, 1.54) is 11.1 Å². The maximum Gasteiger partial charge on any atom is 0.343 e. The summed E-state index contributed by atoms with van der Waals surface area (Å²) in [5.41, 5.74) is 4.18. The fourth-order valence-corrected chi connectivity index (χ4v) is 3.12. The van der Waals surface area contributed by atoms with E-state index in [1.807, 2.05) is 37.3 Å². The number of nitrogens with zero attached hydrogens (tertiary/aromatic N) is 1. The van der Waals surface area contributed by atoms with Crippen molar-refractivity contribution in [1.82, 2.24) is 4.90 Å².